The van der Waals surface area contributed by atoms with Gasteiger partial charge in [-0.05, 0) is 78.1 Å². The summed E-state index contributed by atoms with van der Waals surface area (Å²) in [5, 5.41) is 0. The molecule has 2 fully saturated rings. The maximum atomic E-state index is 5.82. The average Bonchev–Trinajstić information content (AvgIpc) is 2.88. The first-order valence-electron chi connectivity index (χ1n) is 12.9. The van der Waals surface area contributed by atoms with Gasteiger partial charge in [-0.25, -0.2) is 9.97 Å². The molecule has 0 spiro atoms. The van der Waals surface area contributed by atoms with E-state index in [1.807, 2.05) is 0 Å². The van der Waals surface area contributed by atoms with Gasteiger partial charge in [-0.15, -0.1) is 0 Å². The van der Waals surface area contributed by atoms with Crippen molar-refractivity contribution in [2.24, 2.45) is 0 Å². The predicted molar refractivity (Wildman–Crippen MR) is 139 cm³/mol. The van der Waals surface area contributed by atoms with Gasteiger partial charge in [0.25, 0.3) is 0 Å². The van der Waals surface area contributed by atoms with Crippen LogP contribution in [0, 0.1) is 0 Å². The molecule has 2 aromatic rings. The zero-order valence-electron chi connectivity index (χ0n) is 21.3. The van der Waals surface area contributed by atoms with E-state index in [0.29, 0.717) is 18.7 Å². The highest BCUT2D eigenvalue weighted by atomic mass is 16.5. The lowest BCUT2D eigenvalue weighted by molar-refractivity contribution is 0.109. The predicted octanol–water partition coefficient (Wildman–Crippen LogP) is 3.28. The molecule has 3 aliphatic heterocycles. The van der Waals surface area contributed by atoms with Crippen LogP contribution < -0.4 is 9.80 Å². The van der Waals surface area contributed by atoms with Crippen molar-refractivity contribution in [1.29, 1.82) is 0 Å². The number of benzene rings is 1. The van der Waals surface area contributed by atoms with Crippen molar-refractivity contribution in [1.82, 2.24) is 19.8 Å². The van der Waals surface area contributed by atoms with Crippen molar-refractivity contribution in [2.45, 2.75) is 50.8 Å². The third-order valence-corrected chi connectivity index (χ3v) is 7.91. The van der Waals surface area contributed by atoms with Gasteiger partial charge in [-0.2, -0.15) is 0 Å². The van der Waals surface area contributed by atoms with Crippen LogP contribution in [0.4, 0.5) is 11.5 Å². The molecule has 0 unspecified atom stereocenters. The van der Waals surface area contributed by atoms with Gasteiger partial charge < -0.3 is 24.3 Å². The van der Waals surface area contributed by atoms with Crippen LogP contribution in [0.5, 0.6) is 0 Å². The van der Waals surface area contributed by atoms with Crippen LogP contribution >= 0.6 is 0 Å². The highest BCUT2D eigenvalue weighted by Gasteiger charge is 2.27. The molecule has 34 heavy (non-hydrogen) atoms. The molecular formula is C27H40N6O. The summed E-state index contributed by atoms with van der Waals surface area (Å²) in [5.41, 5.74) is 4.75. The smallest absolute Gasteiger partial charge is 0.161 e. The quantitative estimate of drug-likeness (QED) is 0.673. The van der Waals surface area contributed by atoms with Crippen molar-refractivity contribution in [3.8, 4) is 11.4 Å². The van der Waals surface area contributed by atoms with Crippen molar-refractivity contribution >= 4 is 11.5 Å². The highest BCUT2D eigenvalue weighted by Crippen LogP contribution is 2.32. The molecule has 0 N–H and O–H groups in total. The standard InChI is InChI=1S/C27H40N6O/c1-30(2)21-11-15-32(16-12-21)27-24-19-34-17-13-25(24)28-26(29-27)20-7-9-22(10-8-20)33-14-5-6-23(18-33)31(3)4/h7-10,21,23H,5-6,11-19H2,1-4H3/t23-/m0/s1. The Bertz CT molecular complexity index is 968. The third-order valence-electron chi connectivity index (χ3n) is 7.91. The number of anilines is 2. The molecule has 4 heterocycles. The van der Waals surface area contributed by atoms with Crippen LogP contribution in [0.25, 0.3) is 11.4 Å². The SMILES string of the molecule is CN(C)C1CCN(c2nc(-c3ccc(N4CCC[C@H](N(C)C)C4)cc3)nc3c2COCC3)CC1. The highest BCUT2D eigenvalue weighted by molar-refractivity contribution is 5.64. The van der Waals surface area contributed by atoms with Crippen molar-refractivity contribution in [3.05, 3.63) is 35.5 Å². The molecule has 5 rings (SSSR count). The van der Waals surface area contributed by atoms with E-state index >= 15 is 0 Å². The normalized spacial score (nSPS) is 21.9. The van der Waals surface area contributed by atoms with Crippen molar-refractivity contribution < 1.29 is 4.74 Å². The number of hydrogen-bond donors (Lipinski definition) is 0. The topological polar surface area (TPSA) is 48.0 Å². The number of piperidine rings is 2. The first-order valence-corrected chi connectivity index (χ1v) is 12.9. The third kappa shape index (κ3) is 4.92. The second-order valence-electron chi connectivity index (χ2n) is 10.5. The Morgan fingerprint density at radius 1 is 0.853 bits per heavy atom. The molecule has 7 nitrogen and oxygen atoms in total. The first kappa shape index (κ1) is 23.5. The fourth-order valence-corrected chi connectivity index (χ4v) is 5.63. The lowest BCUT2D eigenvalue weighted by Gasteiger charge is -2.37. The fourth-order valence-electron chi connectivity index (χ4n) is 5.63. The van der Waals surface area contributed by atoms with E-state index in [1.165, 1.54) is 36.9 Å². The minimum absolute atomic E-state index is 0.624. The monoisotopic (exact) mass is 464 g/mol. The molecule has 7 heteroatoms. The molecular weight excluding hydrogens is 424 g/mol. The fraction of sp³-hybridized carbons (Fsp3) is 0.630. The Morgan fingerprint density at radius 3 is 2.29 bits per heavy atom. The van der Waals surface area contributed by atoms with Crippen LogP contribution in [0.1, 0.15) is 36.9 Å². The van der Waals surface area contributed by atoms with Crippen LogP contribution in [0.2, 0.25) is 0 Å². The number of fused-ring (bicyclic) bond motifs is 1. The minimum Gasteiger partial charge on any atom is -0.376 e. The Morgan fingerprint density at radius 2 is 1.59 bits per heavy atom. The van der Waals surface area contributed by atoms with E-state index in [9.17, 15) is 0 Å². The van der Waals surface area contributed by atoms with Crippen LogP contribution in [0.3, 0.4) is 0 Å². The number of rotatable bonds is 5. The molecule has 0 aliphatic carbocycles. The minimum atomic E-state index is 0.624. The lowest BCUT2D eigenvalue weighted by atomic mass is 10.0. The van der Waals surface area contributed by atoms with Crippen LogP contribution in [0.15, 0.2) is 24.3 Å². The van der Waals surface area contributed by atoms with Crippen LogP contribution in [-0.4, -0.2) is 92.8 Å². The van der Waals surface area contributed by atoms with Crippen molar-refractivity contribution in [3.63, 3.8) is 0 Å². The van der Waals surface area contributed by atoms with Gasteiger partial charge in [-0.3, -0.25) is 0 Å². The number of nitrogens with zero attached hydrogens (tertiary/aromatic N) is 6. The zero-order valence-corrected chi connectivity index (χ0v) is 21.3. The molecule has 2 saturated heterocycles. The summed E-state index contributed by atoms with van der Waals surface area (Å²) in [6.45, 7) is 5.66. The van der Waals surface area contributed by atoms with Crippen molar-refractivity contribution in [2.75, 3.05) is 70.8 Å². The van der Waals surface area contributed by atoms with Gasteiger partial charge in [0.05, 0.1) is 18.9 Å². The lowest BCUT2D eigenvalue weighted by Crippen LogP contribution is -2.45. The van der Waals surface area contributed by atoms with E-state index < -0.39 is 0 Å². The van der Waals surface area contributed by atoms with E-state index in [0.717, 1.165) is 62.1 Å². The van der Waals surface area contributed by atoms with E-state index in [2.05, 4.69) is 72.1 Å². The van der Waals surface area contributed by atoms with Gasteiger partial charge in [0.2, 0.25) is 0 Å². The summed E-state index contributed by atoms with van der Waals surface area (Å²) in [6, 6.07) is 10.2. The molecule has 1 aromatic carbocycles. The maximum Gasteiger partial charge on any atom is 0.161 e. The first-order chi connectivity index (χ1) is 16.5. The van der Waals surface area contributed by atoms with E-state index in [4.69, 9.17) is 14.7 Å². The molecule has 0 radical (unpaired) electrons. The number of ether oxygens (including phenoxy) is 1. The molecule has 1 aromatic heterocycles. The Hall–Kier alpha value is -2.22. The van der Waals surface area contributed by atoms with Crippen LogP contribution in [-0.2, 0) is 17.8 Å². The summed E-state index contributed by atoms with van der Waals surface area (Å²) in [6.07, 6.45) is 5.72. The number of hydrogen-bond acceptors (Lipinski definition) is 7. The Balaban J connectivity index is 1.39. The summed E-state index contributed by atoms with van der Waals surface area (Å²) in [7, 11) is 8.76. The van der Waals surface area contributed by atoms with Gasteiger partial charge >= 0.3 is 0 Å². The molecule has 1 atom stereocenters. The number of likely N-dealkylation sites (N-methyl/N-ethyl adjacent to an activating group) is 1. The summed E-state index contributed by atoms with van der Waals surface area (Å²) >= 11 is 0. The van der Waals surface area contributed by atoms with Gasteiger partial charge in [0.1, 0.15) is 5.82 Å². The summed E-state index contributed by atoms with van der Waals surface area (Å²) in [4.78, 5) is 19.8. The second-order valence-corrected chi connectivity index (χ2v) is 10.5. The molecule has 184 valence electrons. The number of aromatic nitrogens is 2. The second kappa shape index (κ2) is 10.2. The van der Waals surface area contributed by atoms with E-state index in [1.54, 1.807) is 0 Å². The van der Waals surface area contributed by atoms with Gasteiger partial charge in [-0.1, -0.05) is 0 Å². The van der Waals surface area contributed by atoms with Gasteiger partial charge in [0.15, 0.2) is 5.82 Å². The molecule has 3 aliphatic rings. The molecule has 0 bridgehead atoms. The molecule has 0 saturated carbocycles. The van der Waals surface area contributed by atoms with E-state index in [-0.39, 0.29) is 0 Å². The summed E-state index contributed by atoms with van der Waals surface area (Å²) in [5.74, 6) is 1.94. The zero-order chi connectivity index (χ0) is 23.7. The average molecular weight is 465 g/mol. The maximum absolute atomic E-state index is 5.82. The molecule has 0 amide bonds. The Labute approximate surface area is 204 Å². The largest absolute Gasteiger partial charge is 0.376 e. The van der Waals surface area contributed by atoms with Gasteiger partial charge in [0, 0.05) is 61.5 Å². The Kier molecular flexibility index (Phi) is 7.04. The summed E-state index contributed by atoms with van der Waals surface area (Å²) < 4.78 is 5.82.